The van der Waals surface area contributed by atoms with Crippen molar-refractivity contribution in [3.05, 3.63) is 18.3 Å². The van der Waals surface area contributed by atoms with Gasteiger partial charge in [0.2, 0.25) is 0 Å². The van der Waals surface area contributed by atoms with Crippen LogP contribution in [0.25, 0.3) is 0 Å². The van der Waals surface area contributed by atoms with E-state index < -0.39 is 0 Å². The van der Waals surface area contributed by atoms with Gasteiger partial charge in [0.25, 0.3) is 0 Å². The molecule has 0 aromatic carbocycles. The number of aromatic nitrogens is 1. The Morgan fingerprint density at radius 1 is 1.69 bits per heavy atom. The number of likely N-dealkylation sites (N-methyl/N-ethyl adjacent to an activating group) is 1. The first-order valence-electron chi connectivity index (χ1n) is 4.32. The minimum atomic E-state index is 0.0548. The Morgan fingerprint density at radius 2 is 2.54 bits per heavy atom. The third kappa shape index (κ3) is 1.58. The summed E-state index contributed by atoms with van der Waals surface area (Å²) in [7, 11) is 1.97. The van der Waals surface area contributed by atoms with Gasteiger partial charge in [-0.3, -0.25) is 0 Å². The van der Waals surface area contributed by atoms with Crippen LogP contribution in [-0.4, -0.2) is 31.2 Å². The first-order chi connectivity index (χ1) is 6.27. The van der Waals surface area contributed by atoms with Crippen molar-refractivity contribution in [1.82, 2.24) is 4.98 Å². The molecule has 13 heavy (non-hydrogen) atoms. The van der Waals surface area contributed by atoms with Crippen molar-refractivity contribution >= 4 is 5.82 Å². The van der Waals surface area contributed by atoms with E-state index in [1.807, 2.05) is 24.1 Å². The molecule has 4 nitrogen and oxygen atoms in total. The van der Waals surface area contributed by atoms with Crippen molar-refractivity contribution < 1.29 is 4.74 Å². The van der Waals surface area contributed by atoms with E-state index in [9.17, 15) is 0 Å². The molecule has 0 fully saturated rings. The maximum Gasteiger partial charge on any atom is 0.171 e. The van der Waals surface area contributed by atoms with Gasteiger partial charge in [0.1, 0.15) is 6.61 Å². The molecular formula is C9H13N3O. The number of ether oxygens (including phenoxy) is 1. The van der Waals surface area contributed by atoms with Crippen LogP contribution in [0, 0.1) is 0 Å². The second-order valence-corrected chi connectivity index (χ2v) is 3.28. The Morgan fingerprint density at radius 3 is 3.38 bits per heavy atom. The Kier molecular flexibility index (Phi) is 2.06. The van der Waals surface area contributed by atoms with Gasteiger partial charge in [-0.05, 0) is 12.1 Å². The summed E-state index contributed by atoms with van der Waals surface area (Å²) in [5, 5.41) is 0. The maximum atomic E-state index is 5.81. The molecule has 0 amide bonds. The zero-order valence-corrected chi connectivity index (χ0v) is 7.60. The molecule has 1 atom stereocenters. The van der Waals surface area contributed by atoms with Crippen LogP contribution in [-0.2, 0) is 0 Å². The number of pyridine rings is 1. The number of rotatable bonds is 0. The lowest BCUT2D eigenvalue weighted by molar-refractivity contribution is 0.300. The molecule has 1 aromatic rings. The van der Waals surface area contributed by atoms with Crippen LogP contribution in [0.5, 0.6) is 5.75 Å². The number of hydrogen-bond acceptors (Lipinski definition) is 4. The van der Waals surface area contributed by atoms with Crippen molar-refractivity contribution in [3.8, 4) is 5.75 Å². The number of nitrogens with two attached hydrogens (primary N) is 1. The molecule has 1 aromatic heterocycles. The Balaban J connectivity index is 2.35. The minimum absolute atomic E-state index is 0.0548. The highest BCUT2D eigenvalue weighted by Crippen LogP contribution is 2.26. The third-order valence-corrected chi connectivity index (χ3v) is 2.07. The van der Waals surface area contributed by atoms with Gasteiger partial charge in [-0.15, -0.1) is 0 Å². The molecule has 1 unspecified atom stereocenters. The largest absolute Gasteiger partial charge is 0.488 e. The van der Waals surface area contributed by atoms with Gasteiger partial charge in [-0.25, -0.2) is 4.98 Å². The molecule has 1 aliphatic heterocycles. The van der Waals surface area contributed by atoms with Crippen LogP contribution >= 0.6 is 0 Å². The number of nitrogens with zero attached hydrogens (tertiary/aromatic N) is 2. The van der Waals surface area contributed by atoms with E-state index in [0.29, 0.717) is 6.61 Å². The van der Waals surface area contributed by atoms with Crippen molar-refractivity contribution in [2.24, 2.45) is 5.73 Å². The predicted molar refractivity (Wildman–Crippen MR) is 51.0 cm³/mol. The van der Waals surface area contributed by atoms with Crippen LogP contribution in [0.3, 0.4) is 0 Å². The molecule has 0 saturated heterocycles. The lowest BCUT2D eigenvalue weighted by Gasteiger charge is -2.17. The lowest BCUT2D eigenvalue weighted by Crippen LogP contribution is -2.37. The molecule has 2 heterocycles. The molecular weight excluding hydrogens is 166 g/mol. The average Bonchev–Trinajstić information content (AvgIpc) is 2.27. The molecule has 0 aliphatic carbocycles. The maximum absolute atomic E-state index is 5.81. The summed E-state index contributed by atoms with van der Waals surface area (Å²) in [6, 6.07) is 3.83. The SMILES string of the molecule is CN1CC(N)COc2cccnc21. The van der Waals surface area contributed by atoms with Gasteiger partial charge in [0.15, 0.2) is 11.6 Å². The quantitative estimate of drug-likeness (QED) is 0.619. The zero-order chi connectivity index (χ0) is 9.26. The van der Waals surface area contributed by atoms with Crippen molar-refractivity contribution in [2.75, 3.05) is 25.1 Å². The molecule has 0 radical (unpaired) electrons. The van der Waals surface area contributed by atoms with Crippen LogP contribution in [0.4, 0.5) is 5.82 Å². The Bertz CT molecular complexity index is 303. The molecule has 0 saturated carbocycles. The Labute approximate surface area is 77.3 Å². The first-order valence-corrected chi connectivity index (χ1v) is 4.32. The summed E-state index contributed by atoms with van der Waals surface area (Å²) in [5.74, 6) is 1.69. The van der Waals surface area contributed by atoms with E-state index >= 15 is 0 Å². The molecule has 1 aliphatic rings. The predicted octanol–water partition coefficient (Wildman–Crippen LogP) is 0.237. The molecule has 0 bridgehead atoms. The van der Waals surface area contributed by atoms with Gasteiger partial charge < -0.3 is 15.4 Å². The number of anilines is 1. The van der Waals surface area contributed by atoms with E-state index in [0.717, 1.165) is 18.1 Å². The van der Waals surface area contributed by atoms with E-state index in [2.05, 4.69) is 4.98 Å². The highest BCUT2D eigenvalue weighted by molar-refractivity contribution is 5.52. The van der Waals surface area contributed by atoms with E-state index in [4.69, 9.17) is 10.5 Å². The second kappa shape index (κ2) is 3.22. The zero-order valence-electron chi connectivity index (χ0n) is 7.60. The first kappa shape index (κ1) is 8.31. The average molecular weight is 179 g/mol. The monoisotopic (exact) mass is 179 g/mol. The fourth-order valence-electron chi connectivity index (χ4n) is 1.47. The molecule has 0 spiro atoms. The van der Waals surface area contributed by atoms with Crippen LogP contribution in [0.15, 0.2) is 18.3 Å². The van der Waals surface area contributed by atoms with E-state index in [1.54, 1.807) is 6.20 Å². The normalized spacial score (nSPS) is 21.7. The van der Waals surface area contributed by atoms with Gasteiger partial charge in [0, 0.05) is 19.8 Å². The van der Waals surface area contributed by atoms with Gasteiger partial charge in [-0.2, -0.15) is 0 Å². The standard InChI is InChI=1S/C9H13N3O/c1-12-5-7(10)6-13-8-3-2-4-11-9(8)12/h2-4,7H,5-6,10H2,1H3. The summed E-state index contributed by atoms with van der Waals surface area (Å²) in [4.78, 5) is 6.26. The van der Waals surface area contributed by atoms with E-state index in [-0.39, 0.29) is 6.04 Å². The summed E-state index contributed by atoms with van der Waals surface area (Å²) in [6.45, 7) is 1.34. The fourth-order valence-corrected chi connectivity index (χ4v) is 1.47. The van der Waals surface area contributed by atoms with Gasteiger partial charge >= 0.3 is 0 Å². The Hall–Kier alpha value is -1.29. The minimum Gasteiger partial charge on any atom is -0.488 e. The van der Waals surface area contributed by atoms with E-state index in [1.165, 1.54) is 0 Å². The van der Waals surface area contributed by atoms with Gasteiger partial charge in [0.05, 0.1) is 6.04 Å². The molecule has 2 N–H and O–H groups in total. The summed E-state index contributed by atoms with van der Waals surface area (Å²) < 4.78 is 5.50. The van der Waals surface area contributed by atoms with Crippen LogP contribution < -0.4 is 15.4 Å². The summed E-state index contributed by atoms with van der Waals surface area (Å²) >= 11 is 0. The second-order valence-electron chi connectivity index (χ2n) is 3.28. The summed E-state index contributed by atoms with van der Waals surface area (Å²) in [5.41, 5.74) is 5.81. The third-order valence-electron chi connectivity index (χ3n) is 2.07. The highest BCUT2D eigenvalue weighted by Gasteiger charge is 2.18. The smallest absolute Gasteiger partial charge is 0.171 e. The molecule has 2 rings (SSSR count). The fraction of sp³-hybridized carbons (Fsp3) is 0.444. The number of fused-ring (bicyclic) bond motifs is 1. The molecule has 4 heteroatoms. The van der Waals surface area contributed by atoms with Gasteiger partial charge in [-0.1, -0.05) is 0 Å². The van der Waals surface area contributed by atoms with Crippen molar-refractivity contribution in [2.45, 2.75) is 6.04 Å². The highest BCUT2D eigenvalue weighted by atomic mass is 16.5. The number of hydrogen-bond donors (Lipinski definition) is 1. The van der Waals surface area contributed by atoms with Crippen molar-refractivity contribution in [1.29, 1.82) is 0 Å². The topological polar surface area (TPSA) is 51.4 Å². The van der Waals surface area contributed by atoms with Crippen LogP contribution in [0.2, 0.25) is 0 Å². The lowest BCUT2D eigenvalue weighted by atomic mass is 10.3. The molecule has 70 valence electrons. The van der Waals surface area contributed by atoms with Crippen molar-refractivity contribution in [3.63, 3.8) is 0 Å². The van der Waals surface area contributed by atoms with Crippen LogP contribution in [0.1, 0.15) is 0 Å². The summed E-state index contributed by atoms with van der Waals surface area (Å²) in [6.07, 6.45) is 1.76.